The summed E-state index contributed by atoms with van der Waals surface area (Å²) in [6, 6.07) is 0. The molecule has 0 aliphatic heterocycles. The molecule has 0 aromatic heterocycles. The molecule has 0 atom stereocenters. The van der Waals surface area contributed by atoms with E-state index in [1.54, 1.807) is 0 Å². The van der Waals surface area contributed by atoms with Crippen molar-refractivity contribution in [2.75, 3.05) is 6.54 Å². The van der Waals surface area contributed by atoms with Gasteiger partial charge in [0.25, 0.3) is 0 Å². The molecule has 66 valence electrons. The summed E-state index contributed by atoms with van der Waals surface area (Å²) in [6.07, 6.45) is 0.803. The van der Waals surface area contributed by atoms with Gasteiger partial charge in [-0.2, -0.15) is 0 Å². The van der Waals surface area contributed by atoms with Gasteiger partial charge in [0.2, 0.25) is 5.96 Å². The maximum atomic E-state index is 7.06. The maximum absolute atomic E-state index is 7.06. The van der Waals surface area contributed by atoms with Crippen molar-refractivity contribution in [3.05, 3.63) is 0 Å². The number of rotatable bonds is 3. The monoisotopic (exact) mass is 159 g/mol. The van der Waals surface area contributed by atoms with Crippen LogP contribution in [0.3, 0.4) is 0 Å². The largest absolute Gasteiger partial charge is 0.355 e. The highest BCUT2D eigenvalue weighted by Gasteiger charge is 2.09. The molecular weight excluding hydrogens is 142 g/mol. The minimum atomic E-state index is -0.193. The SMILES string of the molecule is CC(C)(N)CCNC(=N)NN. The molecule has 0 saturated heterocycles. The van der Waals surface area contributed by atoms with Crippen LogP contribution in [0.1, 0.15) is 20.3 Å². The lowest BCUT2D eigenvalue weighted by Crippen LogP contribution is -2.43. The summed E-state index contributed by atoms with van der Waals surface area (Å²) < 4.78 is 0. The molecule has 0 bridgehead atoms. The van der Waals surface area contributed by atoms with Crippen LogP contribution in [0, 0.1) is 5.41 Å². The van der Waals surface area contributed by atoms with Crippen LogP contribution in [0.15, 0.2) is 0 Å². The van der Waals surface area contributed by atoms with Crippen molar-refractivity contribution in [1.82, 2.24) is 10.7 Å². The molecule has 0 heterocycles. The summed E-state index contributed by atoms with van der Waals surface area (Å²) in [7, 11) is 0. The first-order valence-electron chi connectivity index (χ1n) is 3.53. The number of hydrogen-bond donors (Lipinski definition) is 5. The normalized spacial score (nSPS) is 10.9. The Morgan fingerprint density at radius 2 is 2.09 bits per heavy atom. The lowest BCUT2D eigenvalue weighted by Gasteiger charge is -2.18. The predicted molar refractivity (Wildman–Crippen MR) is 45.9 cm³/mol. The molecule has 0 radical (unpaired) electrons. The molecule has 7 N–H and O–H groups in total. The molecule has 5 nitrogen and oxygen atoms in total. The van der Waals surface area contributed by atoms with Gasteiger partial charge in [0.1, 0.15) is 0 Å². The minimum absolute atomic E-state index is 0.120. The lowest BCUT2D eigenvalue weighted by atomic mass is 10.0. The van der Waals surface area contributed by atoms with E-state index in [9.17, 15) is 0 Å². The van der Waals surface area contributed by atoms with Crippen molar-refractivity contribution in [2.24, 2.45) is 11.6 Å². The standard InChI is InChI=1S/C6H17N5/c1-6(2,8)3-4-10-5(7)11-9/h3-4,8-9H2,1-2H3,(H3,7,10,11). The number of hydrogen-bond acceptors (Lipinski definition) is 3. The van der Waals surface area contributed by atoms with E-state index in [2.05, 4.69) is 10.7 Å². The summed E-state index contributed by atoms with van der Waals surface area (Å²) >= 11 is 0. The zero-order valence-corrected chi connectivity index (χ0v) is 7.07. The third-order valence-corrected chi connectivity index (χ3v) is 1.22. The molecule has 5 heteroatoms. The zero-order valence-electron chi connectivity index (χ0n) is 7.07. The molecule has 0 aromatic carbocycles. The van der Waals surface area contributed by atoms with E-state index in [4.69, 9.17) is 17.0 Å². The van der Waals surface area contributed by atoms with E-state index < -0.39 is 0 Å². The van der Waals surface area contributed by atoms with Gasteiger partial charge in [0, 0.05) is 12.1 Å². The van der Waals surface area contributed by atoms with E-state index >= 15 is 0 Å². The van der Waals surface area contributed by atoms with E-state index in [1.807, 2.05) is 13.8 Å². The summed E-state index contributed by atoms with van der Waals surface area (Å²) in [5.41, 5.74) is 7.69. The molecular formula is C6H17N5. The Labute approximate surface area is 67.0 Å². The summed E-state index contributed by atoms with van der Waals surface area (Å²) in [6.45, 7) is 4.54. The second-order valence-electron chi connectivity index (χ2n) is 3.18. The Hall–Kier alpha value is -0.810. The second-order valence-corrected chi connectivity index (χ2v) is 3.18. The van der Waals surface area contributed by atoms with Crippen molar-refractivity contribution in [1.29, 1.82) is 5.41 Å². The van der Waals surface area contributed by atoms with Crippen LogP contribution in [-0.4, -0.2) is 18.0 Å². The second kappa shape index (κ2) is 4.15. The van der Waals surface area contributed by atoms with Gasteiger partial charge in [-0.05, 0) is 20.3 Å². The van der Waals surface area contributed by atoms with Crippen molar-refractivity contribution < 1.29 is 0 Å². The fraction of sp³-hybridized carbons (Fsp3) is 0.833. The Balaban J connectivity index is 3.35. The number of hydrazine groups is 1. The van der Waals surface area contributed by atoms with Crippen LogP contribution in [0.5, 0.6) is 0 Å². The lowest BCUT2D eigenvalue weighted by molar-refractivity contribution is 0.472. The number of nitrogens with two attached hydrogens (primary N) is 2. The van der Waals surface area contributed by atoms with E-state index in [-0.39, 0.29) is 11.5 Å². The van der Waals surface area contributed by atoms with Gasteiger partial charge in [-0.15, -0.1) is 0 Å². The third-order valence-electron chi connectivity index (χ3n) is 1.22. The van der Waals surface area contributed by atoms with Crippen LogP contribution in [-0.2, 0) is 0 Å². The minimum Gasteiger partial charge on any atom is -0.355 e. The molecule has 0 amide bonds. The molecule has 0 rings (SSSR count). The molecule has 0 fully saturated rings. The van der Waals surface area contributed by atoms with Gasteiger partial charge >= 0.3 is 0 Å². The van der Waals surface area contributed by atoms with Gasteiger partial charge in [-0.3, -0.25) is 10.8 Å². The van der Waals surface area contributed by atoms with Crippen LogP contribution >= 0.6 is 0 Å². The van der Waals surface area contributed by atoms with Gasteiger partial charge in [-0.1, -0.05) is 0 Å². The van der Waals surface area contributed by atoms with Crippen LogP contribution in [0.4, 0.5) is 0 Å². The summed E-state index contributed by atoms with van der Waals surface area (Å²) in [5, 5.41) is 9.81. The Morgan fingerprint density at radius 1 is 1.55 bits per heavy atom. The van der Waals surface area contributed by atoms with Crippen LogP contribution < -0.4 is 22.3 Å². The molecule has 0 saturated carbocycles. The smallest absolute Gasteiger partial charge is 0.202 e. The molecule has 0 unspecified atom stereocenters. The highest BCUT2D eigenvalue weighted by atomic mass is 15.3. The third kappa shape index (κ3) is 7.08. The summed E-state index contributed by atoms with van der Waals surface area (Å²) in [4.78, 5) is 0. The first-order chi connectivity index (χ1) is 4.95. The van der Waals surface area contributed by atoms with Crippen molar-refractivity contribution in [3.8, 4) is 0 Å². The first kappa shape index (κ1) is 10.2. The quantitative estimate of drug-likeness (QED) is 0.159. The fourth-order valence-electron chi connectivity index (χ4n) is 0.561. The Kier molecular flexibility index (Phi) is 3.84. The Morgan fingerprint density at radius 3 is 2.45 bits per heavy atom. The number of guanidine groups is 1. The topological polar surface area (TPSA) is 99.9 Å². The average Bonchev–Trinajstić information content (AvgIpc) is 1.85. The van der Waals surface area contributed by atoms with Crippen molar-refractivity contribution >= 4 is 5.96 Å². The first-order valence-corrected chi connectivity index (χ1v) is 3.53. The van der Waals surface area contributed by atoms with Gasteiger partial charge < -0.3 is 11.1 Å². The predicted octanol–water partition coefficient (Wildman–Crippen LogP) is -0.899. The van der Waals surface area contributed by atoms with Crippen molar-refractivity contribution in [3.63, 3.8) is 0 Å². The van der Waals surface area contributed by atoms with E-state index in [1.165, 1.54) is 0 Å². The number of nitrogens with one attached hydrogen (secondary N) is 3. The van der Waals surface area contributed by atoms with Gasteiger partial charge in [-0.25, -0.2) is 5.84 Å². The molecule has 0 spiro atoms. The van der Waals surface area contributed by atoms with Crippen LogP contribution in [0.2, 0.25) is 0 Å². The highest BCUT2D eigenvalue weighted by Crippen LogP contribution is 2.00. The highest BCUT2D eigenvalue weighted by molar-refractivity contribution is 5.75. The van der Waals surface area contributed by atoms with E-state index in [0.29, 0.717) is 6.54 Å². The summed E-state index contributed by atoms with van der Waals surface area (Å²) in [5.74, 6) is 5.07. The fourth-order valence-corrected chi connectivity index (χ4v) is 0.561. The molecule has 0 aliphatic rings. The zero-order chi connectivity index (χ0) is 8.91. The maximum Gasteiger partial charge on any atom is 0.202 e. The molecule has 0 aliphatic carbocycles. The molecule has 0 aromatic rings. The molecule has 11 heavy (non-hydrogen) atoms. The van der Waals surface area contributed by atoms with Crippen LogP contribution in [0.25, 0.3) is 0 Å². The van der Waals surface area contributed by atoms with E-state index in [0.717, 1.165) is 6.42 Å². The average molecular weight is 159 g/mol. The van der Waals surface area contributed by atoms with Gasteiger partial charge in [0.05, 0.1) is 0 Å². The Bertz CT molecular complexity index is 125. The van der Waals surface area contributed by atoms with Crippen molar-refractivity contribution in [2.45, 2.75) is 25.8 Å². The van der Waals surface area contributed by atoms with Gasteiger partial charge in [0.15, 0.2) is 0 Å².